The van der Waals surface area contributed by atoms with Crippen molar-refractivity contribution in [1.29, 1.82) is 0 Å². The zero-order valence-electron chi connectivity index (χ0n) is 17.8. The number of nitrogens with zero attached hydrogens (tertiary/aromatic N) is 1. The van der Waals surface area contributed by atoms with Crippen LogP contribution >= 0.6 is 11.6 Å². The van der Waals surface area contributed by atoms with Crippen molar-refractivity contribution >= 4 is 35.0 Å². The van der Waals surface area contributed by atoms with Crippen molar-refractivity contribution in [3.05, 3.63) is 106 Å². The van der Waals surface area contributed by atoms with E-state index in [1.165, 1.54) is 0 Å². The molecule has 2 fully saturated rings. The molecule has 0 radical (unpaired) electrons. The molecule has 0 aromatic heterocycles. The molecule has 3 aromatic carbocycles. The first-order valence-corrected chi connectivity index (χ1v) is 11.3. The van der Waals surface area contributed by atoms with Crippen LogP contribution in [0.25, 0.3) is 0 Å². The van der Waals surface area contributed by atoms with Gasteiger partial charge in [0.15, 0.2) is 0 Å². The van der Waals surface area contributed by atoms with Gasteiger partial charge in [-0.1, -0.05) is 78.3 Å². The van der Waals surface area contributed by atoms with Crippen LogP contribution in [0.3, 0.4) is 0 Å². The minimum atomic E-state index is -2.05. The first kappa shape index (κ1) is 21.0. The van der Waals surface area contributed by atoms with Gasteiger partial charge in [-0.2, -0.15) is 0 Å². The number of rotatable bonds is 3. The fraction of sp³-hybridized carbons (Fsp3) is 0.185. The van der Waals surface area contributed by atoms with E-state index in [4.69, 9.17) is 16.3 Å². The summed E-state index contributed by atoms with van der Waals surface area (Å²) in [6, 6.07) is 22.2. The van der Waals surface area contributed by atoms with Crippen molar-refractivity contribution in [2.45, 2.75) is 18.2 Å². The van der Waals surface area contributed by atoms with E-state index in [0.717, 1.165) is 4.90 Å². The average Bonchev–Trinajstić information content (AvgIpc) is 3.42. The number of carbonyl (C=O) groups is 4. The number of amides is 2. The number of Topliss-reactive ketones (excluding diaryl/α,β-unsaturated/α-hetero) is 2. The molecule has 7 heteroatoms. The third-order valence-electron chi connectivity index (χ3n) is 6.99. The van der Waals surface area contributed by atoms with E-state index in [1.807, 2.05) is 6.07 Å². The highest BCUT2D eigenvalue weighted by atomic mass is 35.5. The molecular weight excluding hydrogens is 454 g/mol. The fourth-order valence-electron chi connectivity index (χ4n) is 5.45. The number of ketones is 2. The summed E-state index contributed by atoms with van der Waals surface area (Å²) in [5, 5.41) is 0.538. The normalized spacial score (nSPS) is 24.7. The van der Waals surface area contributed by atoms with Gasteiger partial charge in [-0.3, -0.25) is 24.1 Å². The summed E-state index contributed by atoms with van der Waals surface area (Å²) in [4.78, 5) is 55.9. The quantitative estimate of drug-likeness (QED) is 0.425. The fourth-order valence-corrected chi connectivity index (χ4v) is 5.57. The molecule has 6 nitrogen and oxygen atoms in total. The molecule has 0 saturated carbocycles. The van der Waals surface area contributed by atoms with Gasteiger partial charge in [-0.15, -0.1) is 0 Å². The predicted octanol–water partition coefficient (Wildman–Crippen LogP) is 4.03. The summed E-state index contributed by atoms with van der Waals surface area (Å²) < 4.78 is 6.24. The molecular formula is C27H18ClNO5. The number of ether oxygens (including phenoxy) is 1. The van der Waals surface area contributed by atoms with Gasteiger partial charge in [0.2, 0.25) is 29.0 Å². The lowest BCUT2D eigenvalue weighted by molar-refractivity contribution is -0.145. The first-order valence-electron chi connectivity index (χ1n) is 10.9. The summed E-state index contributed by atoms with van der Waals surface area (Å²) in [6.07, 6.45) is -0.903. The topological polar surface area (TPSA) is 80.8 Å². The number of halogens is 1. The third-order valence-corrected chi connectivity index (χ3v) is 7.24. The molecule has 0 N–H and O–H groups in total. The number of likely N-dealkylation sites (tertiary alicyclic amines) is 1. The van der Waals surface area contributed by atoms with Crippen LogP contribution < -0.4 is 0 Å². The smallest absolute Gasteiger partial charge is 0.237 e. The molecule has 1 spiro atoms. The van der Waals surface area contributed by atoms with Crippen molar-refractivity contribution < 1.29 is 23.9 Å². The Kier molecular flexibility index (Phi) is 4.59. The van der Waals surface area contributed by atoms with Gasteiger partial charge < -0.3 is 4.74 Å². The summed E-state index contributed by atoms with van der Waals surface area (Å²) in [5.74, 6) is -4.36. The van der Waals surface area contributed by atoms with Gasteiger partial charge >= 0.3 is 0 Å². The third kappa shape index (κ3) is 2.73. The van der Waals surface area contributed by atoms with Gasteiger partial charge in [0.1, 0.15) is 0 Å². The standard InChI is InChI=1S/C27H18ClNO5/c28-17-12-10-15(11-13-17)14-29-25(32)20-21(26(29)33)27(34-22(20)16-6-2-1-3-7-16)23(30)18-8-4-5-9-19(18)24(27)31/h1-13,20-22H,14H2/t20-,21+,22+/m1/s1. The summed E-state index contributed by atoms with van der Waals surface area (Å²) >= 11 is 5.97. The Morgan fingerprint density at radius 3 is 1.97 bits per heavy atom. The van der Waals surface area contributed by atoms with Crippen LogP contribution in [0.4, 0.5) is 0 Å². The second kappa shape index (κ2) is 7.45. The van der Waals surface area contributed by atoms with Crippen LogP contribution in [0, 0.1) is 11.8 Å². The van der Waals surface area contributed by atoms with E-state index >= 15 is 0 Å². The maximum Gasteiger partial charge on any atom is 0.237 e. The number of hydrogen-bond acceptors (Lipinski definition) is 5. The first-order chi connectivity index (χ1) is 16.4. The van der Waals surface area contributed by atoms with E-state index in [-0.39, 0.29) is 17.7 Å². The average molecular weight is 472 g/mol. The van der Waals surface area contributed by atoms with Crippen LogP contribution in [0.2, 0.25) is 5.02 Å². The molecule has 0 bridgehead atoms. The number of benzene rings is 3. The monoisotopic (exact) mass is 471 g/mol. The lowest BCUT2D eigenvalue weighted by Gasteiger charge is -2.27. The predicted molar refractivity (Wildman–Crippen MR) is 122 cm³/mol. The molecule has 2 aliphatic heterocycles. The van der Waals surface area contributed by atoms with Crippen LogP contribution in [-0.4, -0.2) is 33.9 Å². The van der Waals surface area contributed by atoms with Crippen LogP contribution in [0.5, 0.6) is 0 Å². The zero-order chi connectivity index (χ0) is 23.6. The van der Waals surface area contributed by atoms with E-state index in [0.29, 0.717) is 16.1 Å². The minimum Gasteiger partial charge on any atom is -0.349 e. The van der Waals surface area contributed by atoms with Crippen molar-refractivity contribution in [3.8, 4) is 0 Å². The molecule has 6 rings (SSSR count). The maximum atomic E-state index is 13.7. The van der Waals surface area contributed by atoms with E-state index in [9.17, 15) is 19.2 Å². The number of carbonyl (C=O) groups excluding carboxylic acids is 4. The molecule has 3 aliphatic rings. The molecule has 2 amide bonds. The zero-order valence-corrected chi connectivity index (χ0v) is 18.6. The SMILES string of the molecule is O=C1[C@@H]2[C@@H](C(=O)N1Cc1ccc(Cl)cc1)C1(O[C@H]2c2ccccc2)C(=O)c2ccccc2C1=O. The van der Waals surface area contributed by atoms with Crippen LogP contribution in [0.15, 0.2) is 78.9 Å². The van der Waals surface area contributed by atoms with E-state index in [1.54, 1.807) is 72.8 Å². The van der Waals surface area contributed by atoms with Gasteiger partial charge in [0, 0.05) is 16.1 Å². The molecule has 0 unspecified atom stereocenters. The van der Waals surface area contributed by atoms with Crippen LogP contribution in [-0.2, 0) is 20.9 Å². The van der Waals surface area contributed by atoms with Gasteiger partial charge in [0.25, 0.3) is 0 Å². The highest BCUT2D eigenvalue weighted by Crippen LogP contribution is 2.57. The molecule has 2 saturated heterocycles. The Hall–Kier alpha value is -3.61. The van der Waals surface area contributed by atoms with Gasteiger partial charge in [0.05, 0.1) is 24.5 Å². The van der Waals surface area contributed by atoms with Gasteiger partial charge in [-0.05, 0) is 23.3 Å². The van der Waals surface area contributed by atoms with Crippen molar-refractivity contribution in [3.63, 3.8) is 0 Å². The Labute approximate surface area is 200 Å². The molecule has 34 heavy (non-hydrogen) atoms. The summed E-state index contributed by atoms with van der Waals surface area (Å²) in [6.45, 7) is 0.0226. The molecule has 2 heterocycles. The lowest BCUT2D eigenvalue weighted by Crippen LogP contribution is -2.50. The van der Waals surface area contributed by atoms with E-state index < -0.39 is 46.9 Å². The largest absolute Gasteiger partial charge is 0.349 e. The highest BCUT2D eigenvalue weighted by Gasteiger charge is 2.74. The summed E-state index contributed by atoms with van der Waals surface area (Å²) in [5.41, 5.74) is -0.256. The second-order valence-corrected chi connectivity index (χ2v) is 9.22. The molecule has 1 aliphatic carbocycles. The second-order valence-electron chi connectivity index (χ2n) is 8.78. The molecule has 3 atom stereocenters. The number of fused-ring (bicyclic) bond motifs is 3. The lowest BCUT2D eigenvalue weighted by atomic mass is 9.77. The highest BCUT2D eigenvalue weighted by molar-refractivity contribution is 6.35. The Morgan fingerprint density at radius 1 is 0.765 bits per heavy atom. The summed E-state index contributed by atoms with van der Waals surface area (Å²) in [7, 11) is 0. The van der Waals surface area contributed by atoms with E-state index in [2.05, 4.69) is 0 Å². The molecule has 3 aromatic rings. The number of imide groups is 1. The van der Waals surface area contributed by atoms with Gasteiger partial charge in [-0.25, -0.2) is 0 Å². The van der Waals surface area contributed by atoms with Crippen molar-refractivity contribution in [1.82, 2.24) is 4.90 Å². The molecule has 168 valence electrons. The minimum absolute atomic E-state index is 0.0226. The Bertz CT molecular complexity index is 1330. The Morgan fingerprint density at radius 2 is 1.35 bits per heavy atom. The Balaban J connectivity index is 1.48. The number of hydrogen-bond donors (Lipinski definition) is 0. The van der Waals surface area contributed by atoms with Crippen molar-refractivity contribution in [2.24, 2.45) is 11.8 Å². The maximum absolute atomic E-state index is 13.7. The van der Waals surface area contributed by atoms with Crippen molar-refractivity contribution in [2.75, 3.05) is 0 Å². The van der Waals surface area contributed by atoms with Crippen LogP contribution in [0.1, 0.15) is 37.9 Å².